The van der Waals surface area contributed by atoms with E-state index in [1.165, 1.54) is 0 Å². The van der Waals surface area contributed by atoms with Crippen molar-refractivity contribution in [2.24, 2.45) is 5.92 Å². The third kappa shape index (κ3) is 2.66. The number of benzene rings is 1. The van der Waals surface area contributed by atoms with Crippen molar-refractivity contribution in [3.05, 3.63) is 36.5 Å². The maximum Gasteiger partial charge on any atom is 0.228 e. The molecule has 3 rings (SSSR count). The number of aromatic amines is 1. The molecule has 5 heteroatoms. The molecular weight excluding hydrogens is 240 g/mol. The standard InChI is InChI=1S/C14H16N4O/c19-14(11-4-6-15-9-11)17-12-3-1-2-10(8-12)13-5-7-16-18-13/h1-3,5,7-8,11,15H,4,6,9H2,(H,16,18)(H,17,19). The molecule has 1 aliphatic heterocycles. The average Bonchev–Trinajstić information content (AvgIpc) is 3.13. The van der Waals surface area contributed by atoms with Crippen molar-refractivity contribution in [2.45, 2.75) is 6.42 Å². The van der Waals surface area contributed by atoms with Crippen LogP contribution in [-0.4, -0.2) is 29.2 Å². The summed E-state index contributed by atoms with van der Waals surface area (Å²) in [6.07, 6.45) is 2.62. The Morgan fingerprint density at radius 1 is 1.37 bits per heavy atom. The quantitative estimate of drug-likeness (QED) is 0.781. The lowest BCUT2D eigenvalue weighted by molar-refractivity contribution is -0.119. The minimum atomic E-state index is 0.0795. The molecule has 3 N–H and O–H groups in total. The lowest BCUT2D eigenvalue weighted by Crippen LogP contribution is -2.24. The highest BCUT2D eigenvalue weighted by Crippen LogP contribution is 2.21. The lowest BCUT2D eigenvalue weighted by Gasteiger charge is -2.10. The van der Waals surface area contributed by atoms with Crippen molar-refractivity contribution in [1.29, 1.82) is 0 Å². The third-order valence-corrected chi connectivity index (χ3v) is 3.37. The summed E-state index contributed by atoms with van der Waals surface area (Å²) < 4.78 is 0. The SMILES string of the molecule is O=C(Nc1cccc(-c2ccn[nH]2)c1)C1CCNC1. The number of carbonyl (C=O) groups is 1. The molecule has 0 spiro atoms. The highest BCUT2D eigenvalue weighted by molar-refractivity contribution is 5.93. The molecule has 1 saturated heterocycles. The zero-order valence-electron chi connectivity index (χ0n) is 10.5. The first kappa shape index (κ1) is 11.9. The van der Waals surface area contributed by atoms with Gasteiger partial charge in [-0.1, -0.05) is 12.1 Å². The lowest BCUT2D eigenvalue weighted by atomic mass is 10.1. The molecule has 2 heterocycles. The van der Waals surface area contributed by atoms with Gasteiger partial charge in [0.2, 0.25) is 5.91 Å². The van der Waals surface area contributed by atoms with Crippen LogP contribution < -0.4 is 10.6 Å². The van der Waals surface area contributed by atoms with Gasteiger partial charge >= 0.3 is 0 Å². The van der Waals surface area contributed by atoms with Crippen LogP contribution in [0.4, 0.5) is 5.69 Å². The van der Waals surface area contributed by atoms with Crippen LogP contribution in [0.5, 0.6) is 0 Å². The second kappa shape index (κ2) is 5.24. The van der Waals surface area contributed by atoms with E-state index in [1.807, 2.05) is 30.3 Å². The Kier molecular flexibility index (Phi) is 3.29. The molecule has 2 aromatic rings. The molecule has 1 atom stereocenters. The maximum atomic E-state index is 12.0. The van der Waals surface area contributed by atoms with Crippen LogP contribution in [0.15, 0.2) is 36.5 Å². The van der Waals surface area contributed by atoms with Gasteiger partial charge < -0.3 is 10.6 Å². The van der Waals surface area contributed by atoms with Crippen molar-refractivity contribution < 1.29 is 4.79 Å². The van der Waals surface area contributed by atoms with Crippen LogP contribution >= 0.6 is 0 Å². The minimum absolute atomic E-state index is 0.0795. The molecule has 1 aromatic heterocycles. The fourth-order valence-electron chi connectivity index (χ4n) is 2.30. The van der Waals surface area contributed by atoms with E-state index in [0.717, 1.165) is 36.5 Å². The Bertz CT molecular complexity index is 559. The van der Waals surface area contributed by atoms with Crippen LogP contribution in [0, 0.1) is 5.92 Å². The van der Waals surface area contributed by atoms with E-state index in [9.17, 15) is 4.79 Å². The van der Waals surface area contributed by atoms with E-state index >= 15 is 0 Å². The molecule has 19 heavy (non-hydrogen) atoms. The first-order valence-electron chi connectivity index (χ1n) is 6.44. The van der Waals surface area contributed by atoms with Gasteiger partial charge in [0.1, 0.15) is 0 Å². The molecular formula is C14H16N4O. The number of nitrogens with one attached hydrogen (secondary N) is 3. The van der Waals surface area contributed by atoms with Gasteiger partial charge in [0, 0.05) is 24.0 Å². The van der Waals surface area contributed by atoms with Gasteiger partial charge in [-0.15, -0.1) is 0 Å². The predicted molar refractivity (Wildman–Crippen MR) is 73.6 cm³/mol. The molecule has 1 aliphatic rings. The average molecular weight is 256 g/mol. The van der Waals surface area contributed by atoms with E-state index in [4.69, 9.17) is 0 Å². The Balaban J connectivity index is 1.74. The number of amides is 1. The highest BCUT2D eigenvalue weighted by atomic mass is 16.1. The van der Waals surface area contributed by atoms with Gasteiger partial charge in [-0.25, -0.2) is 0 Å². The second-order valence-corrected chi connectivity index (χ2v) is 4.73. The van der Waals surface area contributed by atoms with E-state index in [2.05, 4.69) is 20.8 Å². The number of rotatable bonds is 3. The summed E-state index contributed by atoms with van der Waals surface area (Å²) >= 11 is 0. The Labute approximate surface area is 111 Å². The summed E-state index contributed by atoms with van der Waals surface area (Å²) in [5, 5.41) is 13.0. The first-order valence-corrected chi connectivity index (χ1v) is 6.44. The summed E-state index contributed by atoms with van der Waals surface area (Å²) in [7, 11) is 0. The third-order valence-electron chi connectivity index (χ3n) is 3.37. The molecule has 1 unspecified atom stereocenters. The van der Waals surface area contributed by atoms with E-state index in [-0.39, 0.29) is 11.8 Å². The molecule has 5 nitrogen and oxygen atoms in total. The number of hydrogen-bond acceptors (Lipinski definition) is 3. The van der Waals surface area contributed by atoms with Crippen LogP contribution in [0.25, 0.3) is 11.3 Å². The van der Waals surface area contributed by atoms with Crippen molar-refractivity contribution in [2.75, 3.05) is 18.4 Å². The smallest absolute Gasteiger partial charge is 0.228 e. The fourth-order valence-corrected chi connectivity index (χ4v) is 2.30. The van der Waals surface area contributed by atoms with Crippen molar-refractivity contribution in [1.82, 2.24) is 15.5 Å². The molecule has 0 saturated carbocycles. The summed E-state index contributed by atoms with van der Waals surface area (Å²) in [5.74, 6) is 0.169. The number of hydrogen-bond donors (Lipinski definition) is 3. The van der Waals surface area contributed by atoms with Crippen molar-refractivity contribution in [3.63, 3.8) is 0 Å². The second-order valence-electron chi connectivity index (χ2n) is 4.73. The van der Waals surface area contributed by atoms with Gasteiger partial charge in [0.25, 0.3) is 0 Å². The Hall–Kier alpha value is -2.14. The molecule has 0 bridgehead atoms. The largest absolute Gasteiger partial charge is 0.326 e. The van der Waals surface area contributed by atoms with Gasteiger partial charge in [-0.3, -0.25) is 9.89 Å². The first-order chi connectivity index (χ1) is 9.33. The van der Waals surface area contributed by atoms with Gasteiger partial charge in [-0.2, -0.15) is 5.10 Å². The predicted octanol–water partition coefficient (Wildman–Crippen LogP) is 1.62. The number of carbonyl (C=O) groups excluding carboxylic acids is 1. The van der Waals surface area contributed by atoms with E-state index < -0.39 is 0 Å². The van der Waals surface area contributed by atoms with Crippen molar-refractivity contribution >= 4 is 11.6 Å². The highest BCUT2D eigenvalue weighted by Gasteiger charge is 2.22. The van der Waals surface area contributed by atoms with Gasteiger partial charge in [-0.05, 0) is 31.2 Å². The number of H-pyrrole nitrogens is 1. The van der Waals surface area contributed by atoms with Crippen LogP contribution in [0.2, 0.25) is 0 Å². The van der Waals surface area contributed by atoms with Crippen LogP contribution in [-0.2, 0) is 4.79 Å². The molecule has 1 aromatic carbocycles. The Morgan fingerprint density at radius 2 is 2.32 bits per heavy atom. The number of aromatic nitrogens is 2. The number of anilines is 1. The fraction of sp³-hybridized carbons (Fsp3) is 0.286. The number of nitrogens with zero attached hydrogens (tertiary/aromatic N) is 1. The maximum absolute atomic E-state index is 12.0. The monoisotopic (exact) mass is 256 g/mol. The molecule has 0 aliphatic carbocycles. The van der Waals surface area contributed by atoms with Crippen LogP contribution in [0.3, 0.4) is 0 Å². The minimum Gasteiger partial charge on any atom is -0.326 e. The normalized spacial score (nSPS) is 18.4. The zero-order valence-corrected chi connectivity index (χ0v) is 10.5. The van der Waals surface area contributed by atoms with Crippen LogP contribution in [0.1, 0.15) is 6.42 Å². The molecule has 98 valence electrons. The summed E-state index contributed by atoms with van der Waals surface area (Å²) in [6.45, 7) is 1.69. The van der Waals surface area contributed by atoms with Gasteiger partial charge in [0.05, 0.1) is 11.6 Å². The summed E-state index contributed by atoms with van der Waals surface area (Å²) in [5.41, 5.74) is 2.78. The van der Waals surface area contributed by atoms with Gasteiger partial charge in [0.15, 0.2) is 0 Å². The Morgan fingerprint density at radius 3 is 3.05 bits per heavy atom. The molecule has 0 radical (unpaired) electrons. The zero-order chi connectivity index (χ0) is 13.1. The summed E-state index contributed by atoms with van der Waals surface area (Å²) in [4.78, 5) is 12.0. The topological polar surface area (TPSA) is 69.8 Å². The summed E-state index contributed by atoms with van der Waals surface area (Å²) in [6, 6.07) is 9.68. The molecule has 1 fully saturated rings. The van der Waals surface area contributed by atoms with E-state index in [1.54, 1.807) is 6.20 Å². The molecule has 1 amide bonds. The van der Waals surface area contributed by atoms with E-state index in [0.29, 0.717) is 0 Å². The van der Waals surface area contributed by atoms with Crippen molar-refractivity contribution in [3.8, 4) is 11.3 Å².